The molecular formula is C13H15FN2O2. The molecule has 1 heterocycles. The van der Waals surface area contributed by atoms with Gasteiger partial charge in [-0.25, -0.2) is 4.39 Å². The fourth-order valence-electron chi connectivity index (χ4n) is 1.68. The molecule has 0 radical (unpaired) electrons. The van der Waals surface area contributed by atoms with E-state index in [4.69, 9.17) is 4.52 Å². The number of aliphatic hydroxyl groups excluding tert-OH is 1. The van der Waals surface area contributed by atoms with Crippen LogP contribution in [0.25, 0.3) is 0 Å². The van der Waals surface area contributed by atoms with Gasteiger partial charge < -0.3 is 9.63 Å². The predicted octanol–water partition coefficient (Wildman–Crippen LogP) is 2.63. The fourth-order valence-corrected chi connectivity index (χ4v) is 1.68. The summed E-state index contributed by atoms with van der Waals surface area (Å²) >= 11 is 0. The number of halogens is 1. The second-order valence-electron chi connectivity index (χ2n) is 4.12. The molecule has 2 rings (SSSR count). The van der Waals surface area contributed by atoms with Gasteiger partial charge in [0.1, 0.15) is 11.9 Å². The van der Waals surface area contributed by atoms with Crippen LogP contribution in [0.15, 0.2) is 28.8 Å². The summed E-state index contributed by atoms with van der Waals surface area (Å²) in [4.78, 5) is 4.07. The first-order chi connectivity index (χ1) is 8.70. The molecule has 18 heavy (non-hydrogen) atoms. The lowest BCUT2D eigenvalue weighted by Gasteiger charge is -2.01. The molecule has 0 fully saturated rings. The summed E-state index contributed by atoms with van der Waals surface area (Å²) in [5, 5.41) is 13.4. The molecule has 1 atom stereocenters. The normalized spacial score (nSPS) is 12.6. The number of hydrogen-bond donors (Lipinski definition) is 1. The van der Waals surface area contributed by atoms with Gasteiger partial charge in [0.15, 0.2) is 5.82 Å². The fraction of sp³-hybridized carbons (Fsp3) is 0.385. The molecular weight excluding hydrogens is 235 g/mol. The molecule has 1 aromatic heterocycles. The van der Waals surface area contributed by atoms with E-state index >= 15 is 0 Å². The number of nitrogens with zero attached hydrogens (tertiary/aromatic N) is 2. The van der Waals surface area contributed by atoms with Gasteiger partial charge in [-0.05, 0) is 18.1 Å². The average molecular weight is 250 g/mol. The summed E-state index contributed by atoms with van der Waals surface area (Å²) in [6.45, 7) is 1.96. The monoisotopic (exact) mass is 250 g/mol. The van der Waals surface area contributed by atoms with Gasteiger partial charge in [-0.2, -0.15) is 4.98 Å². The molecule has 0 saturated carbocycles. The Morgan fingerprint density at radius 2 is 2.17 bits per heavy atom. The molecule has 0 bridgehead atoms. The van der Waals surface area contributed by atoms with E-state index in [1.54, 1.807) is 18.2 Å². The Kier molecular flexibility index (Phi) is 4.04. The Bertz CT molecular complexity index is 513. The molecule has 0 amide bonds. The van der Waals surface area contributed by atoms with E-state index in [-0.39, 0.29) is 18.1 Å². The number of aromatic nitrogens is 2. The van der Waals surface area contributed by atoms with Gasteiger partial charge in [-0.15, -0.1) is 0 Å². The van der Waals surface area contributed by atoms with Crippen molar-refractivity contribution in [1.82, 2.24) is 10.1 Å². The molecule has 1 unspecified atom stereocenters. The topological polar surface area (TPSA) is 59.2 Å². The van der Waals surface area contributed by atoms with Crippen molar-refractivity contribution < 1.29 is 14.0 Å². The Morgan fingerprint density at radius 3 is 2.89 bits per heavy atom. The van der Waals surface area contributed by atoms with Crippen LogP contribution in [0, 0.1) is 5.82 Å². The summed E-state index contributed by atoms with van der Waals surface area (Å²) < 4.78 is 18.4. The van der Waals surface area contributed by atoms with Crippen molar-refractivity contribution >= 4 is 0 Å². The lowest BCUT2D eigenvalue weighted by atomic mass is 10.1. The lowest BCUT2D eigenvalue weighted by Crippen LogP contribution is -1.99. The molecule has 2 aromatic rings. The van der Waals surface area contributed by atoms with Crippen molar-refractivity contribution in [2.75, 3.05) is 0 Å². The molecule has 0 aliphatic rings. The van der Waals surface area contributed by atoms with Crippen molar-refractivity contribution in [3.05, 3.63) is 47.4 Å². The van der Waals surface area contributed by atoms with E-state index < -0.39 is 6.10 Å². The van der Waals surface area contributed by atoms with Crippen LogP contribution in [-0.4, -0.2) is 15.2 Å². The smallest absolute Gasteiger partial charge is 0.231 e. The molecule has 5 heteroatoms. The Morgan fingerprint density at radius 1 is 1.39 bits per heavy atom. The van der Waals surface area contributed by atoms with Crippen LogP contribution in [-0.2, 0) is 6.42 Å². The lowest BCUT2D eigenvalue weighted by molar-refractivity contribution is 0.152. The van der Waals surface area contributed by atoms with Crippen LogP contribution in [0.4, 0.5) is 4.39 Å². The molecule has 1 N–H and O–H groups in total. The minimum Gasteiger partial charge on any atom is -0.385 e. The third kappa shape index (κ3) is 2.92. The zero-order chi connectivity index (χ0) is 13.0. The van der Waals surface area contributed by atoms with Crippen molar-refractivity contribution in [1.29, 1.82) is 0 Å². The largest absolute Gasteiger partial charge is 0.385 e. The molecule has 0 aliphatic heterocycles. The average Bonchev–Trinajstić information content (AvgIpc) is 2.81. The number of aliphatic hydroxyl groups is 1. The van der Waals surface area contributed by atoms with Crippen molar-refractivity contribution in [3.63, 3.8) is 0 Å². The van der Waals surface area contributed by atoms with Gasteiger partial charge in [0.05, 0.1) is 6.42 Å². The predicted molar refractivity (Wildman–Crippen MR) is 63.4 cm³/mol. The minimum atomic E-state index is -0.715. The maximum atomic E-state index is 13.4. The third-order valence-electron chi connectivity index (χ3n) is 2.64. The second-order valence-corrected chi connectivity index (χ2v) is 4.12. The highest BCUT2D eigenvalue weighted by atomic mass is 19.1. The van der Waals surface area contributed by atoms with Gasteiger partial charge in [-0.1, -0.05) is 36.7 Å². The van der Waals surface area contributed by atoms with Gasteiger partial charge in [-0.3, -0.25) is 0 Å². The molecule has 96 valence electrons. The van der Waals surface area contributed by atoms with E-state index in [9.17, 15) is 9.50 Å². The SMILES string of the molecule is CCCC(O)c1noc(Cc2ccccc2F)n1. The van der Waals surface area contributed by atoms with Crippen LogP contribution in [0.1, 0.15) is 43.1 Å². The number of rotatable bonds is 5. The first kappa shape index (κ1) is 12.7. The highest BCUT2D eigenvalue weighted by molar-refractivity contribution is 5.20. The van der Waals surface area contributed by atoms with Gasteiger partial charge in [0, 0.05) is 0 Å². The maximum absolute atomic E-state index is 13.4. The molecule has 0 aliphatic carbocycles. The van der Waals surface area contributed by atoms with Crippen molar-refractivity contribution in [2.45, 2.75) is 32.3 Å². The van der Waals surface area contributed by atoms with Gasteiger partial charge >= 0.3 is 0 Å². The van der Waals surface area contributed by atoms with Crippen LogP contribution in [0.5, 0.6) is 0 Å². The van der Waals surface area contributed by atoms with Crippen LogP contribution in [0.3, 0.4) is 0 Å². The molecule has 1 aromatic carbocycles. The first-order valence-corrected chi connectivity index (χ1v) is 5.94. The zero-order valence-electron chi connectivity index (χ0n) is 10.1. The third-order valence-corrected chi connectivity index (χ3v) is 2.64. The van der Waals surface area contributed by atoms with E-state index in [2.05, 4.69) is 10.1 Å². The first-order valence-electron chi connectivity index (χ1n) is 5.94. The van der Waals surface area contributed by atoms with Crippen LogP contribution >= 0.6 is 0 Å². The van der Waals surface area contributed by atoms with E-state index in [0.717, 1.165) is 6.42 Å². The summed E-state index contributed by atoms with van der Waals surface area (Å²) in [6, 6.07) is 6.44. The van der Waals surface area contributed by atoms with Crippen molar-refractivity contribution in [2.24, 2.45) is 0 Å². The standard InChI is InChI=1S/C13H15FN2O2/c1-2-5-11(17)13-15-12(18-16-13)8-9-6-3-4-7-10(9)14/h3-4,6-7,11,17H,2,5,8H2,1H3. The Hall–Kier alpha value is -1.75. The highest BCUT2D eigenvalue weighted by Crippen LogP contribution is 2.17. The van der Waals surface area contributed by atoms with E-state index in [1.165, 1.54) is 6.07 Å². The van der Waals surface area contributed by atoms with Crippen molar-refractivity contribution in [3.8, 4) is 0 Å². The second kappa shape index (κ2) is 5.73. The highest BCUT2D eigenvalue weighted by Gasteiger charge is 2.15. The number of benzene rings is 1. The Labute approximate surface area is 104 Å². The summed E-state index contributed by atoms with van der Waals surface area (Å²) in [6.07, 6.45) is 0.934. The Balaban J connectivity index is 2.09. The summed E-state index contributed by atoms with van der Waals surface area (Å²) in [5.41, 5.74) is 0.498. The van der Waals surface area contributed by atoms with E-state index in [0.29, 0.717) is 17.9 Å². The number of hydrogen-bond acceptors (Lipinski definition) is 4. The zero-order valence-corrected chi connectivity index (χ0v) is 10.1. The minimum absolute atomic E-state index is 0.235. The van der Waals surface area contributed by atoms with Gasteiger partial charge in [0.2, 0.25) is 5.89 Å². The molecule has 0 saturated heterocycles. The van der Waals surface area contributed by atoms with Gasteiger partial charge in [0.25, 0.3) is 0 Å². The quantitative estimate of drug-likeness (QED) is 0.886. The molecule has 4 nitrogen and oxygen atoms in total. The van der Waals surface area contributed by atoms with Crippen LogP contribution < -0.4 is 0 Å². The van der Waals surface area contributed by atoms with Crippen LogP contribution in [0.2, 0.25) is 0 Å². The maximum Gasteiger partial charge on any atom is 0.231 e. The van der Waals surface area contributed by atoms with E-state index in [1.807, 2.05) is 6.92 Å². The summed E-state index contributed by atoms with van der Waals surface area (Å²) in [7, 11) is 0. The summed E-state index contributed by atoms with van der Waals surface area (Å²) in [5.74, 6) is 0.278. The molecule has 0 spiro atoms.